The highest BCUT2D eigenvalue weighted by Gasteiger charge is 2.21. The summed E-state index contributed by atoms with van der Waals surface area (Å²) in [7, 11) is -3.94. The maximum atomic E-state index is 13.2. The van der Waals surface area contributed by atoms with E-state index in [1.807, 2.05) is 32.9 Å². The molecule has 35 heavy (non-hydrogen) atoms. The topological polar surface area (TPSA) is 104 Å². The van der Waals surface area contributed by atoms with Crippen LogP contribution < -0.4 is 15.4 Å². The van der Waals surface area contributed by atoms with Gasteiger partial charge >= 0.3 is 0 Å². The molecule has 0 atom stereocenters. The summed E-state index contributed by atoms with van der Waals surface area (Å²) in [5, 5.41) is 5.59. The van der Waals surface area contributed by atoms with Crippen molar-refractivity contribution in [1.29, 1.82) is 0 Å². The molecular weight excluding hydrogens is 462 g/mol. The molecule has 0 radical (unpaired) electrons. The van der Waals surface area contributed by atoms with Gasteiger partial charge in [0.2, 0.25) is 0 Å². The van der Waals surface area contributed by atoms with Crippen molar-refractivity contribution >= 4 is 33.2 Å². The summed E-state index contributed by atoms with van der Waals surface area (Å²) in [6.45, 7) is 7.96. The number of aryl methyl sites for hydroxylation is 3. The standard InChI is InChI=1S/C27H31N3O4S/c1-5-6-15-28-27(32)22-9-7-8-10-23(22)29-26(31)21-14-13-20(4)25(17-21)35(33,34)30-24-16-18(2)11-12-19(24)3/h7-14,16-17,30H,5-6,15H2,1-4H3,(H,28,32)(H,29,31). The number of nitrogens with one attached hydrogen (secondary N) is 3. The van der Waals surface area contributed by atoms with Crippen LogP contribution in [0.3, 0.4) is 0 Å². The third-order valence-electron chi connectivity index (χ3n) is 5.61. The van der Waals surface area contributed by atoms with E-state index >= 15 is 0 Å². The van der Waals surface area contributed by atoms with E-state index in [2.05, 4.69) is 15.4 Å². The fourth-order valence-electron chi connectivity index (χ4n) is 3.53. The summed E-state index contributed by atoms with van der Waals surface area (Å²) in [5.41, 5.74) is 3.57. The molecule has 0 aliphatic rings. The molecule has 184 valence electrons. The zero-order chi connectivity index (χ0) is 25.6. The van der Waals surface area contributed by atoms with Crippen molar-refractivity contribution in [3.63, 3.8) is 0 Å². The molecule has 0 saturated heterocycles. The molecule has 3 N–H and O–H groups in total. The van der Waals surface area contributed by atoms with Crippen LogP contribution in [0.25, 0.3) is 0 Å². The molecule has 0 aromatic heterocycles. The van der Waals surface area contributed by atoms with Gasteiger partial charge in [-0.05, 0) is 74.2 Å². The Morgan fingerprint density at radius 3 is 2.29 bits per heavy atom. The van der Waals surface area contributed by atoms with Gasteiger partial charge < -0.3 is 10.6 Å². The number of carbonyl (C=O) groups excluding carboxylic acids is 2. The van der Waals surface area contributed by atoms with Crippen LogP contribution in [-0.2, 0) is 10.0 Å². The second-order valence-electron chi connectivity index (χ2n) is 8.51. The molecule has 0 aliphatic heterocycles. The monoisotopic (exact) mass is 493 g/mol. The number of benzene rings is 3. The summed E-state index contributed by atoms with van der Waals surface area (Å²) >= 11 is 0. The van der Waals surface area contributed by atoms with Crippen molar-refractivity contribution in [1.82, 2.24) is 5.32 Å². The first kappa shape index (κ1) is 26.0. The quantitative estimate of drug-likeness (QED) is 0.357. The molecule has 0 spiro atoms. The molecule has 2 amide bonds. The number of rotatable bonds is 9. The summed E-state index contributed by atoms with van der Waals surface area (Å²) in [5.74, 6) is -0.791. The minimum Gasteiger partial charge on any atom is -0.352 e. The first-order valence-electron chi connectivity index (χ1n) is 11.5. The second-order valence-corrected chi connectivity index (χ2v) is 10.2. The molecule has 0 bridgehead atoms. The van der Waals surface area contributed by atoms with Crippen molar-refractivity contribution in [2.75, 3.05) is 16.6 Å². The predicted molar refractivity (Wildman–Crippen MR) is 140 cm³/mol. The zero-order valence-corrected chi connectivity index (χ0v) is 21.3. The largest absolute Gasteiger partial charge is 0.352 e. The zero-order valence-electron chi connectivity index (χ0n) is 20.4. The van der Waals surface area contributed by atoms with Crippen LogP contribution in [0.5, 0.6) is 0 Å². The van der Waals surface area contributed by atoms with E-state index in [4.69, 9.17) is 0 Å². The average Bonchev–Trinajstić information content (AvgIpc) is 2.81. The number of carbonyl (C=O) groups is 2. The summed E-state index contributed by atoms with van der Waals surface area (Å²) in [6, 6.07) is 16.7. The number of amides is 2. The number of hydrogen-bond acceptors (Lipinski definition) is 4. The van der Waals surface area contributed by atoms with Gasteiger partial charge in [0.05, 0.1) is 21.8 Å². The highest BCUT2D eigenvalue weighted by molar-refractivity contribution is 7.92. The molecular formula is C27H31N3O4S. The lowest BCUT2D eigenvalue weighted by Crippen LogP contribution is -2.26. The lowest BCUT2D eigenvalue weighted by atomic mass is 10.1. The Morgan fingerprint density at radius 2 is 1.54 bits per heavy atom. The van der Waals surface area contributed by atoms with Gasteiger partial charge in [-0.25, -0.2) is 8.42 Å². The van der Waals surface area contributed by atoms with Crippen LogP contribution in [0.2, 0.25) is 0 Å². The van der Waals surface area contributed by atoms with E-state index in [1.165, 1.54) is 6.07 Å². The fraction of sp³-hybridized carbons (Fsp3) is 0.259. The number of para-hydroxylation sites is 1. The van der Waals surface area contributed by atoms with Crippen LogP contribution in [-0.4, -0.2) is 26.8 Å². The second kappa shape index (κ2) is 11.2. The average molecular weight is 494 g/mol. The highest BCUT2D eigenvalue weighted by Crippen LogP contribution is 2.24. The maximum Gasteiger partial charge on any atom is 0.262 e. The maximum absolute atomic E-state index is 13.2. The minimum absolute atomic E-state index is 0.0108. The molecule has 0 unspecified atom stereocenters. The normalized spacial score (nSPS) is 11.1. The fourth-order valence-corrected chi connectivity index (χ4v) is 4.93. The lowest BCUT2D eigenvalue weighted by Gasteiger charge is -2.15. The van der Waals surface area contributed by atoms with Gasteiger partial charge in [-0.2, -0.15) is 0 Å². The Morgan fingerprint density at radius 1 is 0.829 bits per heavy atom. The van der Waals surface area contributed by atoms with Gasteiger partial charge in [0.1, 0.15) is 0 Å². The highest BCUT2D eigenvalue weighted by atomic mass is 32.2. The van der Waals surface area contributed by atoms with Gasteiger partial charge in [-0.3, -0.25) is 14.3 Å². The van der Waals surface area contributed by atoms with Crippen LogP contribution in [0.1, 0.15) is 57.2 Å². The molecule has 3 aromatic carbocycles. The molecule has 3 rings (SSSR count). The van der Waals surface area contributed by atoms with Crippen molar-refractivity contribution in [3.05, 3.63) is 88.5 Å². The van der Waals surface area contributed by atoms with E-state index in [1.54, 1.807) is 49.4 Å². The third-order valence-corrected chi connectivity index (χ3v) is 7.12. The summed E-state index contributed by atoms with van der Waals surface area (Å²) in [6.07, 6.45) is 1.81. The minimum atomic E-state index is -3.94. The van der Waals surface area contributed by atoms with E-state index < -0.39 is 15.9 Å². The first-order chi connectivity index (χ1) is 16.6. The number of anilines is 2. The van der Waals surface area contributed by atoms with Crippen LogP contribution in [0.15, 0.2) is 65.6 Å². The SMILES string of the molecule is CCCCNC(=O)c1ccccc1NC(=O)c1ccc(C)c(S(=O)(=O)Nc2cc(C)ccc2C)c1. The molecule has 0 fully saturated rings. The van der Waals surface area contributed by atoms with Crippen molar-refractivity contribution < 1.29 is 18.0 Å². The number of unbranched alkanes of at least 4 members (excludes halogenated alkanes) is 1. The third kappa shape index (κ3) is 6.48. The molecule has 8 heteroatoms. The van der Waals surface area contributed by atoms with Crippen LogP contribution in [0.4, 0.5) is 11.4 Å². The Labute approximate surface area is 207 Å². The van der Waals surface area contributed by atoms with Gasteiger partial charge in [-0.15, -0.1) is 0 Å². The van der Waals surface area contributed by atoms with E-state index in [0.29, 0.717) is 29.0 Å². The molecule has 3 aromatic rings. The Bertz CT molecular complexity index is 1350. The Kier molecular flexibility index (Phi) is 8.30. The molecule has 7 nitrogen and oxygen atoms in total. The van der Waals surface area contributed by atoms with Gasteiger partial charge in [0.15, 0.2) is 0 Å². The molecule has 0 aliphatic carbocycles. The number of hydrogen-bond donors (Lipinski definition) is 3. The van der Waals surface area contributed by atoms with Crippen molar-refractivity contribution in [2.24, 2.45) is 0 Å². The Hall–Kier alpha value is -3.65. The Balaban J connectivity index is 1.86. The first-order valence-corrected chi connectivity index (χ1v) is 13.0. The van der Waals surface area contributed by atoms with Gasteiger partial charge in [0, 0.05) is 12.1 Å². The van der Waals surface area contributed by atoms with E-state index in [9.17, 15) is 18.0 Å². The van der Waals surface area contributed by atoms with E-state index in [-0.39, 0.29) is 16.4 Å². The van der Waals surface area contributed by atoms with E-state index in [0.717, 1.165) is 24.0 Å². The molecule has 0 heterocycles. The van der Waals surface area contributed by atoms with Gasteiger partial charge in [-0.1, -0.05) is 43.7 Å². The van der Waals surface area contributed by atoms with Crippen LogP contribution in [0, 0.1) is 20.8 Å². The predicted octanol–water partition coefficient (Wildman–Crippen LogP) is 5.19. The molecule has 0 saturated carbocycles. The summed E-state index contributed by atoms with van der Waals surface area (Å²) in [4.78, 5) is 25.6. The van der Waals surface area contributed by atoms with Crippen molar-refractivity contribution in [2.45, 2.75) is 45.4 Å². The number of sulfonamides is 1. The lowest BCUT2D eigenvalue weighted by molar-refractivity contribution is 0.0954. The van der Waals surface area contributed by atoms with Crippen LogP contribution >= 0.6 is 0 Å². The summed E-state index contributed by atoms with van der Waals surface area (Å²) < 4.78 is 29.0. The van der Waals surface area contributed by atoms with Gasteiger partial charge in [0.25, 0.3) is 21.8 Å². The smallest absolute Gasteiger partial charge is 0.262 e. The van der Waals surface area contributed by atoms with Crippen molar-refractivity contribution in [3.8, 4) is 0 Å².